The molecule has 1 aromatic carbocycles. The minimum Gasteiger partial charge on any atom is -0.423 e. The summed E-state index contributed by atoms with van der Waals surface area (Å²) in [5.41, 5.74) is 1.59. The summed E-state index contributed by atoms with van der Waals surface area (Å²) in [6, 6.07) is 7.07. The highest BCUT2D eigenvalue weighted by molar-refractivity contribution is 6.58. The third-order valence-corrected chi connectivity index (χ3v) is 2.65. The topological polar surface area (TPSA) is 57.5 Å². The summed E-state index contributed by atoms with van der Waals surface area (Å²) in [6.07, 6.45) is 1.25. The van der Waals surface area contributed by atoms with E-state index in [0.29, 0.717) is 30.0 Å². The Morgan fingerprint density at radius 2 is 1.62 bits per heavy atom. The Hall–Kier alpha value is -1.39. The van der Waals surface area contributed by atoms with E-state index in [1.54, 1.807) is 12.1 Å². The first-order chi connectivity index (χ1) is 7.66. The van der Waals surface area contributed by atoms with Crippen molar-refractivity contribution in [3.63, 3.8) is 0 Å². The van der Waals surface area contributed by atoms with Crippen molar-refractivity contribution in [1.29, 1.82) is 0 Å². The normalized spacial score (nSPS) is 14.8. The predicted octanol–water partition coefficient (Wildman–Crippen LogP) is 0.615. The molecule has 0 aliphatic heterocycles. The molecule has 2 rings (SSSR count). The number of benzene rings is 1. The van der Waals surface area contributed by atoms with Crippen LogP contribution in [0.3, 0.4) is 0 Å². The summed E-state index contributed by atoms with van der Waals surface area (Å²) >= 11 is 0. The number of rotatable bonds is 2. The highest BCUT2D eigenvalue weighted by atomic mass is 16.4. The summed E-state index contributed by atoms with van der Waals surface area (Å²) in [5.74, 6) is 0.647. The zero-order chi connectivity index (χ0) is 12.1. The lowest BCUT2D eigenvalue weighted by atomic mass is 9.75. The smallest absolute Gasteiger partial charge is 0.423 e. The van der Waals surface area contributed by atoms with E-state index in [1.807, 2.05) is 12.1 Å². The summed E-state index contributed by atoms with van der Waals surface area (Å²) in [4.78, 5) is 10.8. The molecule has 3 nitrogen and oxygen atoms in total. The molecular formula is C12H15BO3. The van der Waals surface area contributed by atoms with E-state index in [-0.39, 0.29) is 0 Å². The van der Waals surface area contributed by atoms with Crippen LogP contribution in [0.4, 0.5) is 0 Å². The quantitative estimate of drug-likeness (QED) is 0.565. The van der Waals surface area contributed by atoms with Crippen LogP contribution >= 0.6 is 0 Å². The molecule has 84 valence electrons. The van der Waals surface area contributed by atoms with E-state index >= 15 is 0 Å². The van der Waals surface area contributed by atoms with Crippen molar-refractivity contribution in [2.75, 3.05) is 0 Å². The molecule has 4 heteroatoms. The van der Waals surface area contributed by atoms with Crippen molar-refractivity contribution in [3.8, 4) is 0 Å². The average Bonchev–Trinajstić information content (AvgIpc) is 2.28. The van der Waals surface area contributed by atoms with E-state index in [4.69, 9.17) is 10.0 Å². The minimum absolute atomic E-state index is 0.307. The molecule has 0 heterocycles. The molecule has 2 N–H and O–H groups in total. The van der Waals surface area contributed by atoms with Gasteiger partial charge in [-0.25, -0.2) is 0 Å². The van der Waals surface area contributed by atoms with Gasteiger partial charge in [-0.15, -0.1) is 13.2 Å². The molecule has 0 bridgehead atoms. The molecule has 0 unspecified atom stereocenters. The number of carbonyl (C=O) groups excluding carboxylic acids is 1. The lowest BCUT2D eigenvalue weighted by Crippen LogP contribution is -2.30. The Balaban J connectivity index is 0.000000606. The van der Waals surface area contributed by atoms with E-state index in [2.05, 4.69) is 13.2 Å². The zero-order valence-corrected chi connectivity index (χ0v) is 9.10. The van der Waals surface area contributed by atoms with Gasteiger partial charge >= 0.3 is 7.12 Å². The second kappa shape index (κ2) is 5.63. The van der Waals surface area contributed by atoms with Crippen molar-refractivity contribution < 1.29 is 14.8 Å². The number of hydrogen-bond acceptors (Lipinski definition) is 3. The van der Waals surface area contributed by atoms with Crippen LogP contribution in [0, 0.1) is 0 Å². The van der Waals surface area contributed by atoms with Gasteiger partial charge < -0.3 is 10.0 Å². The van der Waals surface area contributed by atoms with Gasteiger partial charge in [-0.3, -0.25) is 4.79 Å². The monoisotopic (exact) mass is 218 g/mol. The first kappa shape index (κ1) is 12.7. The molecule has 1 saturated carbocycles. The molecule has 0 atom stereocenters. The Morgan fingerprint density at radius 1 is 1.12 bits per heavy atom. The van der Waals surface area contributed by atoms with Crippen LogP contribution in [0.2, 0.25) is 0 Å². The summed E-state index contributed by atoms with van der Waals surface area (Å²) in [5, 5.41) is 17.7. The van der Waals surface area contributed by atoms with Crippen LogP contribution in [0.5, 0.6) is 0 Å². The van der Waals surface area contributed by atoms with Gasteiger partial charge in [0.2, 0.25) is 0 Å². The van der Waals surface area contributed by atoms with Crippen molar-refractivity contribution in [2.24, 2.45) is 0 Å². The highest BCUT2D eigenvalue weighted by Gasteiger charge is 2.27. The first-order valence-corrected chi connectivity index (χ1v) is 5.14. The second-order valence-electron chi connectivity index (χ2n) is 3.68. The molecule has 0 spiro atoms. The van der Waals surface area contributed by atoms with Gasteiger partial charge in [-0.1, -0.05) is 24.3 Å². The van der Waals surface area contributed by atoms with Crippen LogP contribution in [0.1, 0.15) is 24.3 Å². The van der Waals surface area contributed by atoms with Crippen molar-refractivity contribution in [2.45, 2.75) is 18.8 Å². The van der Waals surface area contributed by atoms with Crippen LogP contribution < -0.4 is 5.46 Å². The van der Waals surface area contributed by atoms with E-state index in [1.165, 1.54) is 0 Å². The lowest BCUT2D eigenvalue weighted by Gasteiger charge is -2.24. The number of hydrogen-bond donors (Lipinski definition) is 2. The van der Waals surface area contributed by atoms with Crippen molar-refractivity contribution in [1.82, 2.24) is 0 Å². The fourth-order valence-corrected chi connectivity index (χ4v) is 1.67. The standard InChI is InChI=1S/C10H11BO3.C2H4/c12-10-5-8(6-10)7-1-3-9(4-2-7)11(13)14;1-2/h1-4,8,13-14H,5-6H2;1-2H2. The molecule has 0 amide bonds. The predicted molar refractivity (Wildman–Crippen MR) is 64.5 cm³/mol. The fourth-order valence-electron chi connectivity index (χ4n) is 1.67. The first-order valence-electron chi connectivity index (χ1n) is 5.14. The van der Waals surface area contributed by atoms with E-state index in [0.717, 1.165) is 5.56 Å². The second-order valence-corrected chi connectivity index (χ2v) is 3.68. The largest absolute Gasteiger partial charge is 0.488 e. The van der Waals surface area contributed by atoms with Crippen molar-refractivity contribution in [3.05, 3.63) is 43.0 Å². The molecule has 1 fully saturated rings. The number of ketones is 1. The number of Topliss-reactive ketones (excluding diaryl/α,β-unsaturated/α-hetero) is 1. The van der Waals surface area contributed by atoms with Gasteiger partial charge in [0.25, 0.3) is 0 Å². The van der Waals surface area contributed by atoms with Crippen LogP contribution in [0.15, 0.2) is 37.4 Å². The van der Waals surface area contributed by atoms with Gasteiger partial charge in [0.05, 0.1) is 0 Å². The molecule has 0 aromatic heterocycles. The Labute approximate surface area is 95.6 Å². The van der Waals surface area contributed by atoms with Crippen LogP contribution in [-0.2, 0) is 4.79 Å². The van der Waals surface area contributed by atoms with Crippen LogP contribution in [-0.4, -0.2) is 22.9 Å². The summed E-state index contributed by atoms with van der Waals surface area (Å²) < 4.78 is 0. The van der Waals surface area contributed by atoms with Gasteiger partial charge in [0.15, 0.2) is 0 Å². The fraction of sp³-hybridized carbons (Fsp3) is 0.250. The maximum atomic E-state index is 10.8. The lowest BCUT2D eigenvalue weighted by molar-refractivity contribution is -0.124. The van der Waals surface area contributed by atoms with Gasteiger partial charge in [-0.2, -0.15) is 0 Å². The Morgan fingerprint density at radius 3 is 2.00 bits per heavy atom. The molecule has 1 aromatic rings. The molecule has 16 heavy (non-hydrogen) atoms. The third kappa shape index (κ3) is 2.81. The van der Waals surface area contributed by atoms with Gasteiger partial charge in [0.1, 0.15) is 5.78 Å². The van der Waals surface area contributed by atoms with Gasteiger partial charge in [-0.05, 0) is 16.9 Å². The number of carbonyl (C=O) groups is 1. The molecule has 1 aliphatic carbocycles. The minimum atomic E-state index is -1.41. The molecule has 0 saturated heterocycles. The Kier molecular flexibility index (Phi) is 4.46. The molecule has 0 radical (unpaired) electrons. The van der Waals surface area contributed by atoms with Gasteiger partial charge in [0, 0.05) is 12.8 Å². The maximum Gasteiger partial charge on any atom is 0.488 e. The van der Waals surface area contributed by atoms with Crippen LogP contribution in [0.25, 0.3) is 0 Å². The van der Waals surface area contributed by atoms with Crippen molar-refractivity contribution >= 4 is 18.4 Å². The highest BCUT2D eigenvalue weighted by Crippen LogP contribution is 2.32. The molecule has 1 aliphatic rings. The summed E-state index contributed by atoms with van der Waals surface area (Å²) in [6.45, 7) is 6.00. The average molecular weight is 218 g/mol. The third-order valence-electron chi connectivity index (χ3n) is 2.65. The SMILES string of the molecule is C=C.O=C1CC(c2ccc(B(O)O)cc2)C1. The van der Waals surface area contributed by atoms with E-state index in [9.17, 15) is 4.79 Å². The molecular weight excluding hydrogens is 203 g/mol. The zero-order valence-electron chi connectivity index (χ0n) is 9.10. The summed E-state index contributed by atoms with van der Waals surface area (Å²) in [7, 11) is -1.41. The maximum absolute atomic E-state index is 10.8. The van der Waals surface area contributed by atoms with E-state index < -0.39 is 7.12 Å². The Bertz CT molecular complexity index is 351.